The molecule has 1 amide bonds. The van der Waals surface area contributed by atoms with Gasteiger partial charge < -0.3 is 11.1 Å². The van der Waals surface area contributed by atoms with Gasteiger partial charge in [-0.25, -0.2) is 13.4 Å². The third kappa shape index (κ3) is 4.27. The summed E-state index contributed by atoms with van der Waals surface area (Å²) in [7, 11) is -3.12. The summed E-state index contributed by atoms with van der Waals surface area (Å²) in [6, 6.07) is 4.72. The maximum atomic E-state index is 12.0. The largest absolute Gasteiger partial charge is 0.325 e. The topological polar surface area (TPSA) is 102 Å². The second kappa shape index (κ2) is 6.18. The number of carbonyl (C=O) groups is 1. The van der Waals surface area contributed by atoms with Gasteiger partial charge in [-0.05, 0) is 37.5 Å². The highest BCUT2D eigenvalue weighted by molar-refractivity contribution is 7.90. The van der Waals surface area contributed by atoms with Gasteiger partial charge in [0.2, 0.25) is 5.91 Å². The van der Waals surface area contributed by atoms with E-state index in [4.69, 9.17) is 5.73 Å². The first-order chi connectivity index (χ1) is 10.8. The maximum Gasteiger partial charge on any atom is 0.241 e. The van der Waals surface area contributed by atoms with E-state index < -0.39 is 15.9 Å². The van der Waals surface area contributed by atoms with Crippen LogP contribution in [-0.2, 0) is 14.6 Å². The molecule has 0 spiro atoms. The number of nitrogens with one attached hydrogen (secondary N) is 1. The number of sulfone groups is 1. The highest BCUT2D eigenvalue weighted by Gasteiger charge is 2.27. The lowest BCUT2D eigenvalue weighted by molar-refractivity contribution is -0.117. The zero-order valence-electron chi connectivity index (χ0n) is 12.8. The number of thiazole rings is 1. The molecule has 3 N–H and O–H groups in total. The molecule has 6 nitrogen and oxygen atoms in total. The second-order valence-electron chi connectivity index (χ2n) is 6.02. The molecule has 1 aliphatic rings. The van der Waals surface area contributed by atoms with Gasteiger partial charge in [-0.2, -0.15) is 0 Å². The van der Waals surface area contributed by atoms with Crippen LogP contribution in [-0.4, -0.2) is 37.4 Å². The van der Waals surface area contributed by atoms with Crippen LogP contribution in [0.5, 0.6) is 0 Å². The Morgan fingerprint density at radius 3 is 2.87 bits per heavy atom. The summed E-state index contributed by atoms with van der Waals surface area (Å²) in [5.41, 5.74) is 7.35. The third-order valence-electron chi connectivity index (χ3n) is 3.74. The quantitative estimate of drug-likeness (QED) is 0.825. The number of anilines is 1. The van der Waals surface area contributed by atoms with Crippen molar-refractivity contribution in [1.29, 1.82) is 0 Å². The number of fused-ring (bicyclic) bond motifs is 1. The molecule has 1 atom stereocenters. The molecule has 0 radical (unpaired) electrons. The molecule has 1 fully saturated rings. The van der Waals surface area contributed by atoms with Crippen LogP contribution in [0.3, 0.4) is 0 Å². The van der Waals surface area contributed by atoms with Gasteiger partial charge in [0.25, 0.3) is 0 Å². The zero-order valence-corrected chi connectivity index (χ0v) is 14.4. The van der Waals surface area contributed by atoms with Crippen molar-refractivity contribution in [2.24, 2.45) is 5.73 Å². The van der Waals surface area contributed by atoms with Gasteiger partial charge in [0.05, 0.1) is 27.0 Å². The number of hydrogen-bond donors (Lipinski definition) is 2. The minimum atomic E-state index is -3.12. The van der Waals surface area contributed by atoms with Crippen LogP contribution < -0.4 is 11.1 Å². The Morgan fingerprint density at radius 2 is 2.22 bits per heavy atom. The van der Waals surface area contributed by atoms with Crippen molar-refractivity contribution >= 4 is 43.0 Å². The predicted molar refractivity (Wildman–Crippen MR) is 92.5 cm³/mol. The van der Waals surface area contributed by atoms with Gasteiger partial charge in [-0.3, -0.25) is 4.79 Å². The number of benzene rings is 1. The van der Waals surface area contributed by atoms with E-state index in [0.717, 1.165) is 21.5 Å². The molecule has 1 saturated carbocycles. The molecular formula is C15H19N3O3S2. The maximum absolute atomic E-state index is 12.0. The molecule has 8 heteroatoms. The average Bonchev–Trinajstić information content (AvgIpc) is 3.24. The first-order valence-corrected chi connectivity index (χ1v) is 10.3. The van der Waals surface area contributed by atoms with Crippen molar-refractivity contribution in [3.8, 4) is 0 Å². The Morgan fingerprint density at radius 1 is 1.48 bits per heavy atom. The normalized spacial score (nSPS) is 16.4. The van der Waals surface area contributed by atoms with E-state index in [9.17, 15) is 13.2 Å². The molecular weight excluding hydrogens is 334 g/mol. The van der Waals surface area contributed by atoms with E-state index in [0.29, 0.717) is 11.6 Å². The molecule has 1 heterocycles. The Hall–Kier alpha value is -1.51. The minimum absolute atomic E-state index is 0.0970. The molecule has 2 aromatic rings. The molecule has 1 aromatic carbocycles. The van der Waals surface area contributed by atoms with Gasteiger partial charge in [0.1, 0.15) is 9.84 Å². The van der Waals surface area contributed by atoms with E-state index in [2.05, 4.69) is 10.3 Å². The van der Waals surface area contributed by atoms with Crippen LogP contribution in [0.25, 0.3) is 10.2 Å². The molecule has 1 unspecified atom stereocenters. The van der Waals surface area contributed by atoms with Crippen molar-refractivity contribution in [3.63, 3.8) is 0 Å². The van der Waals surface area contributed by atoms with Crippen LogP contribution in [0.4, 0.5) is 5.69 Å². The summed E-state index contributed by atoms with van der Waals surface area (Å²) in [5.74, 6) is 0.134. The summed E-state index contributed by atoms with van der Waals surface area (Å²) in [5, 5.41) is 3.90. The van der Waals surface area contributed by atoms with Crippen molar-refractivity contribution in [2.45, 2.75) is 31.2 Å². The Balaban J connectivity index is 1.66. The van der Waals surface area contributed by atoms with Crippen molar-refractivity contribution < 1.29 is 13.2 Å². The predicted octanol–water partition coefficient (Wildman–Crippen LogP) is 1.87. The van der Waals surface area contributed by atoms with Crippen LogP contribution in [0.2, 0.25) is 0 Å². The van der Waals surface area contributed by atoms with Gasteiger partial charge in [0, 0.05) is 17.9 Å². The molecule has 0 bridgehead atoms. The van der Waals surface area contributed by atoms with Crippen LogP contribution in [0, 0.1) is 0 Å². The monoisotopic (exact) mass is 353 g/mol. The summed E-state index contributed by atoms with van der Waals surface area (Å²) >= 11 is 1.66. The smallest absolute Gasteiger partial charge is 0.241 e. The molecule has 1 aromatic heterocycles. The van der Waals surface area contributed by atoms with Crippen LogP contribution >= 0.6 is 11.3 Å². The van der Waals surface area contributed by atoms with Gasteiger partial charge in [-0.15, -0.1) is 11.3 Å². The average molecular weight is 353 g/mol. The molecule has 3 rings (SSSR count). The number of rotatable bonds is 6. The number of aromatic nitrogens is 1. The number of carbonyl (C=O) groups excluding carboxylic acids is 1. The van der Waals surface area contributed by atoms with Crippen molar-refractivity contribution in [2.75, 3.05) is 17.3 Å². The number of nitrogens with zero attached hydrogens (tertiary/aromatic N) is 1. The van der Waals surface area contributed by atoms with Crippen molar-refractivity contribution in [1.82, 2.24) is 4.98 Å². The number of amides is 1. The van der Waals surface area contributed by atoms with E-state index in [1.165, 1.54) is 12.8 Å². The lowest BCUT2D eigenvalue weighted by atomic mass is 10.2. The second-order valence-corrected chi connectivity index (χ2v) is 9.35. The lowest BCUT2D eigenvalue weighted by Gasteiger charge is -2.11. The summed E-state index contributed by atoms with van der Waals surface area (Å²) in [4.78, 5) is 16.6. The summed E-state index contributed by atoms with van der Waals surface area (Å²) < 4.78 is 23.3. The Kier molecular flexibility index (Phi) is 4.39. The number of nitrogens with two attached hydrogens (primary N) is 1. The standard InChI is InChI=1S/C15H19N3O3S2/c1-23(20,21)7-6-11(16)14(19)17-10-4-5-12-13(8-10)22-15(18-12)9-2-3-9/h4-5,8-9,11H,2-3,6-7,16H2,1H3,(H,17,19). The van der Waals surface area contributed by atoms with E-state index in [-0.39, 0.29) is 18.1 Å². The zero-order chi connectivity index (χ0) is 16.6. The van der Waals surface area contributed by atoms with Crippen LogP contribution in [0.1, 0.15) is 30.2 Å². The fourth-order valence-corrected chi connectivity index (χ4v) is 4.09. The number of hydrogen-bond acceptors (Lipinski definition) is 6. The molecule has 0 saturated heterocycles. The highest BCUT2D eigenvalue weighted by atomic mass is 32.2. The van der Waals surface area contributed by atoms with E-state index in [1.807, 2.05) is 12.1 Å². The third-order valence-corrected chi connectivity index (χ3v) is 5.89. The molecule has 124 valence electrons. The molecule has 1 aliphatic carbocycles. The first-order valence-electron chi connectivity index (χ1n) is 7.46. The van der Waals surface area contributed by atoms with Gasteiger partial charge >= 0.3 is 0 Å². The van der Waals surface area contributed by atoms with Gasteiger partial charge in [-0.1, -0.05) is 0 Å². The lowest BCUT2D eigenvalue weighted by Crippen LogP contribution is -2.37. The fraction of sp³-hybridized carbons (Fsp3) is 0.467. The SMILES string of the molecule is CS(=O)(=O)CCC(N)C(=O)Nc1ccc2nc(C3CC3)sc2c1. The Labute approximate surface area is 139 Å². The van der Waals surface area contributed by atoms with Crippen molar-refractivity contribution in [3.05, 3.63) is 23.2 Å². The van der Waals surface area contributed by atoms with E-state index >= 15 is 0 Å². The van der Waals surface area contributed by atoms with Gasteiger partial charge in [0.15, 0.2) is 0 Å². The Bertz CT molecular complexity index is 841. The van der Waals surface area contributed by atoms with Crippen LogP contribution in [0.15, 0.2) is 18.2 Å². The summed E-state index contributed by atoms with van der Waals surface area (Å²) in [6.45, 7) is 0. The molecule has 0 aliphatic heterocycles. The fourth-order valence-electron chi connectivity index (χ4n) is 2.23. The van der Waals surface area contributed by atoms with E-state index in [1.54, 1.807) is 17.4 Å². The molecule has 23 heavy (non-hydrogen) atoms. The summed E-state index contributed by atoms with van der Waals surface area (Å²) in [6.07, 6.45) is 3.66. The first kappa shape index (κ1) is 16.4. The highest BCUT2D eigenvalue weighted by Crippen LogP contribution is 2.43. The minimum Gasteiger partial charge on any atom is -0.325 e.